The van der Waals surface area contributed by atoms with E-state index in [1.54, 1.807) is 20.8 Å². The third kappa shape index (κ3) is 9.20. The van der Waals surface area contributed by atoms with Crippen LogP contribution >= 0.6 is 0 Å². The minimum Gasteiger partial charge on any atom is -0.444 e. The minimum atomic E-state index is -1.21. The van der Waals surface area contributed by atoms with Gasteiger partial charge in [0.1, 0.15) is 11.1 Å². The van der Waals surface area contributed by atoms with E-state index in [1.165, 1.54) is 13.8 Å². The van der Waals surface area contributed by atoms with Crippen LogP contribution in [0.25, 0.3) is 0 Å². The van der Waals surface area contributed by atoms with Crippen LogP contribution in [0.5, 0.6) is 0 Å². The van der Waals surface area contributed by atoms with Crippen molar-refractivity contribution in [2.45, 2.75) is 78.4 Å². The van der Waals surface area contributed by atoms with Crippen LogP contribution in [0.2, 0.25) is 0 Å². The average Bonchev–Trinajstić information content (AvgIpc) is 2.32. The number of rotatable bonds is 6. The summed E-state index contributed by atoms with van der Waals surface area (Å²) in [5, 5.41) is 2.46. The summed E-state index contributed by atoms with van der Waals surface area (Å²) in [4.78, 5) is 35.2. The Hall–Kier alpha value is -1.79. The molecule has 0 rings (SSSR count). The number of hydrogen-bond acceptors (Lipinski definition) is 4. The molecule has 0 heterocycles. The largest absolute Gasteiger partial charge is 0.444 e. The van der Waals surface area contributed by atoms with Crippen LogP contribution in [-0.2, 0) is 14.3 Å². The molecule has 0 spiro atoms. The second-order valence-electron chi connectivity index (χ2n) is 6.71. The zero-order valence-electron chi connectivity index (χ0n) is 14.5. The zero-order valence-corrected chi connectivity index (χ0v) is 14.5. The first-order valence-corrected chi connectivity index (χ1v) is 7.58. The van der Waals surface area contributed by atoms with Gasteiger partial charge in [0, 0.05) is 6.42 Å². The van der Waals surface area contributed by atoms with E-state index in [1.807, 2.05) is 6.92 Å². The lowest BCUT2D eigenvalue weighted by Gasteiger charge is -2.27. The topological polar surface area (TPSA) is 96.5 Å². The van der Waals surface area contributed by atoms with Crippen LogP contribution in [0.1, 0.15) is 67.2 Å². The molecule has 0 aliphatic rings. The summed E-state index contributed by atoms with van der Waals surface area (Å²) < 4.78 is 5.10. The van der Waals surface area contributed by atoms with Crippen molar-refractivity contribution in [3.63, 3.8) is 0 Å². The normalized spacial score (nSPS) is 11.5. The summed E-state index contributed by atoms with van der Waals surface area (Å²) >= 11 is 0. The number of ether oxygens (including phenoxy) is 1. The van der Waals surface area contributed by atoms with Gasteiger partial charge in [-0.2, -0.15) is 0 Å². The van der Waals surface area contributed by atoms with Gasteiger partial charge in [-0.15, -0.1) is 0 Å². The number of unbranched alkanes of at least 4 members (excludes halogenated alkanes) is 2. The molecule has 3 N–H and O–H groups in total. The lowest BCUT2D eigenvalue weighted by molar-refractivity contribution is -0.132. The molecule has 0 unspecified atom stereocenters. The van der Waals surface area contributed by atoms with Crippen molar-refractivity contribution >= 4 is 17.9 Å². The maximum atomic E-state index is 12.0. The number of hydrazine groups is 1. The third-order valence-corrected chi connectivity index (χ3v) is 2.70. The highest BCUT2D eigenvalue weighted by Gasteiger charge is 2.31. The van der Waals surface area contributed by atoms with E-state index in [0.29, 0.717) is 6.42 Å². The second-order valence-corrected chi connectivity index (χ2v) is 6.71. The Labute approximate surface area is 132 Å². The fourth-order valence-corrected chi connectivity index (χ4v) is 1.50. The smallest absolute Gasteiger partial charge is 0.408 e. The predicted molar refractivity (Wildman–Crippen MR) is 83.9 cm³/mol. The molecular formula is C15H29N3O4. The first-order chi connectivity index (χ1) is 9.98. The van der Waals surface area contributed by atoms with E-state index in [0.717, 1.165) is 19.3 Å². The Morgan fingerprint density at radius 1 is 0.955 bits per heavy atom. The molecule has 0 aliphatic heterocycles. The molecular weight excluding hydrogens is 286 g/mol. The standard InChI is InChI=1S/C15H29N3O4/c1-7-8-9-10-11(19)17-18-12(20)15(5,6)16-13(21)22-14(2,3)4/h7-10H2,1-6H3,(H,16,21)(H,17,19)(H,18,20). The fourth-order valence-electron chi connectivity index (χ4n) is 1.50. The van der Waals surface area contributed by atoms with Gasteiger partial charge in [-0.25, -0.2) is 4.79 Å². The van der Waals surface area contributed by atoms with Crippen molar-refractivity contribution in [3.05, 3.63) is 0 Å². The van der Waals surface area contributed by atoms with Crippen molar-refractivity contribution in [2.75, 3.05) is 0 Å². The van der Waals surface area contributed by atoms with Crippen molar-refractivity contribution in [1.82, 2.24) is 16.2 Å². The molecule has 0 aromatic carbocycles. The van der Waals surface area contributed by atoms with Crippen LogP contribution in [0.15, 0.2) is 0 Å². The first kappa shape index (κ1) is 20.2. The Morgan fingerprint density at radius 3 is 2.05 bits per heavy atom. The van der Waals surface area contributed by atoms with E-state index in [9.17, 15) is 14.4 Å². The van der Waals surface area contributed by atoms with Crippen LogP contribution in [0.4, 0.5) is 4.79 Å². The summed E-state index contributed by atoms with van der Waals surface area (Å²) in [7, 11) is 0. The fraction of sp³-hybridized carbons (Fsp3) is 0.800. The number of amides is 3. The molecule has 0 aliphatic carbocycles. The number of carbonyl (C=O) groups is 3. The predicted octanol–water partition coefficient (Wildman–Crippen LogP) is 2.02. The summed E-state index contributed by atoms with van der Waals surface area (Å²) in [6.45, 7) is 10.3. The zero-order chi connectivity index (χ0) is 17.4. The molecule has 0 aromatic heterocycles. The van der Waals surface area contributed by atoms with Gasteiger partial charge in [0.2, 0.25) is 5.91 Å². The van der Waals surface area contributed by atoms with Crippen LogP contribution in [0.3, 0.4) is 0 Å². The van der Waals surface area contributed by atoms with Gasteiger partial charge in [-0.3, -0.25) is 20.4 Å². The summed E-state index contributed by atoms with van der Waals surface area (Å²) in [6.07, 6.45) is 2.42. The summed E-state index contributed by atoms with van der Waals surface area (Å²) in [5.41, 5.74) is 2.79. The molecule has 0 saturated carbocycles. The average molecular weight is 315 g/mol. The van der Waals surface area contributed by atoms with E-state index in [4.69, 9.17) is 4.74 Å². The highest BCUT2D eigenvalue weighted by atomic mass is 16.6. The molecule has 7 nitrogen and oxygen atoms in total. The van der Waals surface area contributed by atoms with Crippen LogP contribution in [0, 0.1) is 0 Å². The molecule has 0 bridgehead atoms. The van der Waals surface area contributed by atoms with Gasteiger partial charge < -0.3 is 10.1 Å². The third-order valence-electron chi connectivity index (χ3n) is 2.70. The maximum absolute atomic E-state index is 12.0. The lowest BCUT2D eigenvalue weighted by Crippen LogP contribution is -2.58. The molecule has 0 saturated heterocycles. The molecule has 128 valence electrons. The Morgan fingerprint density at radius 2 is 1.55 bits per heavy atom. The molecule has 22 heavy (non-hydrogen) atoms. The molecule has 0 atom stereocenters. The van der Waals surface area contributed by atoms with Crippen molar-refractivity contribution in [2.24, 2.45) is 0 Å². The van der Waals surface area contributed by atoms with Gasteiger partial charge in [-0.1, -0.05) is 19.8 Å². The molecule has 7 heteroatoms. The Kier molecular flexibility index (Phi) is 7.90. The number of nitrogens with one attached hydrogen (secondary N) is 3. The van der Waals surface area contributed by atoms with E-state index in [2.05, 4.69) is 16.2 Å². The lowest BCUT2D eigenvalue weighted by atomic mass is 10.1. The molecule has 0 aromatic rings. The van der Waals surface area contributed by atoms with E-state index in [-0.39, 0.29) is 5.91 Å². The van der Waals surface area contributed by atoms with E-state index < -0.39 is 23.1 Å². The van der Waals surface area contributed by atoms with Crippen molar-refractivity contribution in [3.8, 4) is 0 Å². The van der Waals surface area contributed by atoms with Gasteiger partial charge in [0.05, 0.1) is 0 Å². The SMILES string of the molecule is CCCCCC(=O)NNC(=O)C(C)(C)NC(=O)OC(C)(C)C. The summed E-state index contributed by atoms with van der Waals surface area (Å²) in [6, 6.07) is 0. The summed E-state index contributed by atoms with van der Waals surface area (Å²) in [5.74, 6) is -0.780. The Bertz CT molecular complexity index is 400. The monoisotopic (exact) mass is 315 g/mol. The van der Waals surface area contributed by atoms with Crippen molar-refractivity contribution in [1.29, 1.82) is 0 Å². The van der Waals surface area contributed by atoms with Gasteiger partial charge in [-0.05, 0) is 41.0 Å². The molecule has 3 amide bonds. The van der Waals surface area contributed by atoms with Crippen molar-refractivity contribution < 1.29 is 19.1 Å². The first-order valence-electron chi connectivity index (χ1n) is 7.58. The van der Waals surface area contributed by atoms with Gasteiger partial charge >= 0.3 is 6.09 Å². The Balaban J connectivity index is 4.27. The van der Waals surface area contributed by atoms with Gasteiger partial charge in [0.15, 0.2) is 0 Å². The minimum absolute atomic E-state index is 0.255. The molecule has 0 fully saturated rings. The number of carbonyl (C=O) groups excluding carboxylic acids is 3. The highest BCUT2D eigenvalue weighted by Crippen LogP contribution is 2.09. The van der Waals surface area contributed by atoms with Gasteiger partial charge in [0.25, 0.3) is 5.91 Å². The van der Waals surface area contributed by atoms with E-state index >= 15 is 0 Å². The maximum Gasteiger partial charge on any atom is 0.408 e. The highest BCUT2D eigenvalue weighted by molar-refractivity contribution is 5.90. The van der Waals surface area contributed by atoms with Crippen LogP contribution in [-0.4, -0.2) is 29.0 Å². The van der Waals surface area contributed by atoms with Crippen LogP contribution < -0.4 is 16.2 Å². The number of hydrogen-bond donors (Lipinski definition) is 3. The second kappa shape index (κ2) is 8.60. The molecule has 0 radical (unpaired) electrons. The quantitative estimate of drug-likeness (QED) is 0.516. The number of alkyl carbamates (subject to hydrolysis) is 1.